The number of furan rings is 1. The van der Waals surface area contributed by atoms with Crippen LogP contribution >= 0.6 is 0 Å². The molecule has 0 amide bonds. The van der Waals surface area contributed by atoms with Gasteiger partial charge in [0.05, 0.1) is 5.58 Å². The summed E-state index contributed by atoms with van der Waals surface area (Å²) in [5.41, 5.74) is 6.46. The number of aryl methyl sites for hydroxylation is 3. The molecule has 7 aromatic rings. The van der Waals surface area contributed by atoms with Crippen molar-refractivity contribution in [2.75, 3.05) is 0 Å². The van der Waals surface area contributed by atoms with Gasteiger partial charge >= 0.3 is 0 Å². The molecule has 257 valence electrons. The Morgan fingerprint density at radius 2 is 1.58 bits per heavy atom. The molecule has 3 nitrogen and oxygen atoms in total. The van der Waals surface area contributed by atoms with E-state index in [1.807, 2.05) is 62.5 Å². The van der Waals surface area contributed by atoms with Crippen LogP contribution in [0.3, 0.4) is 0 Å². The van der Waals surface area contributed by atoms with Crippen molar-refractivity contribution in [1.82, 2.24) is 9.97 Å². The summed E-state index contributed by atoms with van der Waals surface area (Å²) in [6.45, 7) is 3.06. The van der Waals surface area contributed by atoms with E-state index in [-0.39, 0.29) is 47.8 Å². The number of rotatable bonds is 6. The first kappa shape index (κ1) is 25.6. The number of aromatic nitrogens is 2. The fraction of sp³-hybridized carbons (Fsp3) is 0.261. The van der Waals surface area contributed by atoms with Gasteiger partial charge in [-0.25, -0.2) is 0 Å². The second kappa shape index (κ2) is 15.7. The normalized spacial score (nSPS) is 15.3. The first-order chi connectivity index (χ1) is 27.5. The first-order valence-corrected chi connectivity index (χ1v) is 16.5. The summed E-state index contributed by atoms with van der Waals surface area (Å²) in [4.78, 5) is 8.91. The third kappa shape index (κ3) is 7.83. The molecule has 0 saturated carbocycles. The number of hydrogen-bond donors (Lipinski definition) is 0. The Balaban J connectivity index is 0.000000274. The minimum Gasteiger partial charge on any atom is -0.501 e. The molecule has 0 spiro atoms. The van der Waals surface area contributed by atoms with Crippen LogP contribution < -0.4 is 0 Å². The van der Waals surface area contributed by atoms with Crippen LogP contribution in [0, 0.1) is 32.7 Å². The topological polar surface area (TPSA) is 38.9 Å². The van der Waals surface area contributed by atoms with E-state index in [0.29, 0.717) is 46.4 Å². The standard InChI is InChI=1S/C30H28NO.C16H18N.Ir/c1-5-21(6-2)22-14-15-23(19(3)16-22)27-17-28(31-18-20(27)4)26-12-9-11-25-24-10-7-8-13-29(24)32-30(25)26;1-12-5-7-13(8-6-12)15-10-9-14(11-17-15)16(2,3)4;/h7-11,13-18,21H,5-6H2,1-4H3;5-7,9-11H,1-4H3;/q2*-1;/i3D3,4D3,21D;1D3;. The fourth-order valence-electron chi connectivity index (χ4n) is 5.93. The summed E-state index contributed by atoms with van der Waals surface area (Å²) in [5, 5.41) is 1.81. The zero-order valence-electron chi connectivity index (χ0n) is 38.9. The Morgan fingerprint density at radius 3 is 2.26 bits per heavy atom. The van der Waals surface area contributed by atoms with Gasteiger partial charge in [0.15, 0.2) is 0 Å². The van der Waals surface area contributed by atoms with Crippen molar-refractivity contribution < 1.29 is 38.2 Å². The zero-order valence-corrected chi connectivity index (χ0v) is 31.3. The Bertz CT molecular complexity index is 2530. The molecule has 0 atom stereocenters. The van der Waals surface area contributed by atoms with Gasteiger partial charge in [0, 0.05) is 51.6 Å². The molecule has 0 aliphatic heterocycles. The van der Waals surface area contributed by atoms with Crippen LogP contribution in [0.15, 0.2) is 108 Å². The van der Waals surface area contributed by atoms with Gasteiger partial charge < -0.3 is 14.4 Å². The second-order valence-electron chi connectivity index (χ2n) is 13.1. The molecule has 4 heteroatoms. The molecule has 1 radical (unpaired) electrons. The average molecular weight is 845 g/mol. The summed E-state index contributed by atoms with van der Waals surface area (Å²) in [6, 6.07) is 32.9. The molecule has 0 fully saturated rings. The Morgan fingerprint density at radius 1 is 0.780 bits per heavy atom. The molecule has 4 aromatic carbocycles. The molecule has 0 aliphatic rings. The van der Waals surface area contributed by atoms with Crippen molar-refractivity contribution in [3.8, 4) is 33.6 Å². The molecule has 0 bridgehead atoms. The van der Waals surface area contributed by atoms with Gasteiger partial charge in [0.2, 0.25) is 0 Å². The molecule has 0 N–H and O–H groups in total. The van der Waals surface area contributed by atoms with Crippen molar-refractivity contribution >= 4 is 21.9 Å². The van der Waals surface area contributed by atoms with Gasteiger partial charge in [0.1, 0.15) is 5.58 Å². The molecule has 3 heterocycles. The minimum atomic E-state index is -2.54. The van der Waals surface area contributed by atoms with E-state index >= 15 is 0 Å². The molecule has 3 aromatic heterocycles. The van der Waals surface area contributed by atoms with E-state index in [1.54, 1.807) is 36.4 Å². The maximum atomic E-state index is 8.85. The van der Waals surface area contributed by atoms with E-state index in [1.165, 1.54) is 23.9 Å². The van der Waals surface area contributed by atoms with Crippen LogP contribution in [0.4, 0.5) is 0 Å². The quantitative estimate of drug-likeness (QED) is 0.157. The summed E-state index contributed by atoms with van der Waals surface area (Å²) < 4.78 is 86.4. The summed E-state index contributed by atoms with van der Waals surface area (Å²) in [7, 11) is 0. The maximum absolute atomic E-state index is 8.85. The summed E-state index contributed by atoms with van der Waals surface area (Å²) in [6.07, 6.45) is 4.18. The fourth-order valence-corrected chi connectivity index (χ4v) is 5.93. The van der Waals surface area contributed by atoms with Gasteiger partial charge in [-0.05, 0) is 88.7 Å². The van der Waals surface area contributed by atoms with Gasteiger partial charge in [-0.1, -0.05) is 107 Å². The predicted molar refractivity (Wildman–Crippen MR) is 206 cm³/mol. The van der Waals surface area contributed by atoms with Crippen LogP contribution in [-0.4, -0.2) is 9.97 Å². The molecule has 0 unspecified atom stereocenters. The van der Waals surface area contributed by atoms with Crippen LogP contribution in [0.25, 0.3) is 55.6 Å². The molecular formula is C46H46IrN2O-2. The van der Waals surface area contributed by atoms with Crippen molar-refractivity contribution in [1.29, 1.82) is 0 Å². The Labute approximate surface area is 325 Å². The average Bonchev–Trinajstić information content (AvgIpc) is 3.58. The first-order valence-electron chi connectivity index (χ1n) is 21.5. The van der Waals surface area contributed by atoms with Crippen LogP contribution in [0.1, 0.15) is 94.9 Å². The Hall–Kier alpha value is -4.37. The van der Waals surface area contributed by atoms with E-state index in [0.717, 1.165) is 22.0 Å². The van der Waals surface area contributed by atoms with Gasteiger partial charge in [0.25, 0.3) is 0 Å². The minimum absolute atomic E-state index is 0. The number of para-hydroxylation sites is 1. The third-order valence-corrected chi connectivity index (χ3v) is 8.79. The third-order valence-electron chi connectivity index (χ3n) is 8.79. The number of nitrogens with zero attached hydrogens (tertiary/aromatic N) is 2. The number of hydrogen-bond acceptors (Lipinski definition) is 3. The van der Waals surface area contributed by atoms with E-state index in [9.17, 15) is 0 Å². The van der Waals surface area contributed by atoms with Crippen LogP contribution in [-0.2, 0) is 25.5 Å². The van der Waals surface area contributed by atoms with Crippen LogP contribution in [0.2, 0.25) is 0 Å². The van der Waals surface area contributed by atoms with E-state index < -0.39 is 26.4 Å². The number of benzene rings is 4. The SMILES string of the molecule is [2H]C([2H])([2H])c1c[c-]c(-c2ccc(C(C)(C)C)cn2)cc1.[2H]C([2H])([2H])c1cnc(-c2[c-]ccc3c2oc2ccccc23)cc1-c1ccc(C([2H])(CC)CC)cc1C([2H])([2H])[2H].[Ir]. The zero-order chi connectivity index (χ0) is 43.1. The predicted octanol–water partition coefficient (Wildman–Crippen LogP) is 12.8. The van der Waals surface area contributed by atoms with Crippen LogP contribution in [0.5, 0.6) is 0 Å². The summed E-state index contributed by atoms with van der Waals surface area (Å²) >= 11 is 0. The van der Waals surface area contributed by atoms with E-state index in [4.69, 9.17) is 18.1 Å². The van der Waals surface area contributed by atoms with Gasteiger partial charge in [-0.3, -0.25) is 0 Å². The largest absolute Gasteiger partial charge is 0.501 e. The monoisotopic (exact) mass is 845 g/mol. The number of fused-ring (bicyclic) bond motifs is 3. The molecule has 50 heavy (non-hydrogen) atoms. The smallest absolute Gasteiger partial charge is 0.120 e. The molecule has 0 aliphatic carbocycles. The van der Waals surface area contributed by atoms with Gasteiger partial charge in [-0.2, -0.15) is 0 Å². The van der Waals surface area contributed by atoms with Gasteiger partial charge in [-0.15, -0.1) is 53.6 Å². The van der Waals surface area contributed by atoms with Crippen molar-refractivity contribution in [3.63, 3.8) is 0 Å². The van der Waals surface area contributed by atoms with Crippen molar-refractivity contribution in [3.05, 3.63) is 143 Å². The number of pyridine rings is 2. The molecular weight excluding hydrogens is 789 g/mol. The van der Waals surface area contributed by atoms with E-state index in [2.05, 4.69) is 42.9 Å². The second-order valence-corrected chi connectivity index (χ2v) is 13.1. The molecule has 0 saturated heterocycles. The van der Waals surface area contributed by atoms with Crippen molar-refractivity contribution in [2.45, 2.75) is 79.3 Å². The van der Waals surface area contributed by atoms with Crippen molar-refractivity contribution in [2.24, 2.45) is 0 Å². The maximum Gasteiger partial charge on any atom is 0.120 e. The Kier molecular flexibility index (Phi) is 8.01. The summed E-state index contributed by atoms with van der Waals surface area (Å²) in [5.74, 6) is -0.944. The molecule has 7 rings (SSSR count).